The highest BCUT2D eigenvalue weighted by molar-refractivity contribution is 5.84. The van der Waals surface area contributed by atoms with Gasteiger partial charge in [-0.05, 0) is 69.5 Å². The van der Waals surface area contributed by atoms with E-state index in [9.17, 15) is 5.11 Å². The molecule has 1 saturated heterocycles. The molecular formula is C22H31N3O. The van der Waals surface area contributed by atoms with E-state index in [0.29, 0.717) is 0 Å². The smallest absolute Gasteiger partial charge is 0.0921 e. The lowest BCUT2D eigenvalue weighted by molar-refractivity contribution is -0.0202. The largest absolute Gasteiger partial charge is 0.385 e. The lowest BCUT2D eigenvalue weighted by Gasteiger charge is -2.37. The number of nitrogens with one attached hydrogen (secondary N) is 1. The summed E-state index contributed by atoms with van der Waals surface area (Å²) in [5.74, 6) is 0. The molecule has 0 aliphatic carbocycles. The normalized spacial score (nSPS) is 21.9. The van der Waals surface area contributed by atoms with Crippen LogP contribution in [0.25, 0.3) is 10.9 Å². The van der Waals surface area contributed by atoms with E-state index in [1.54, 1.807) is 5.57 Å². The van der Waals surface area contributed by atoms with Crippen molar-refractivity contribution in [3.8, 4) is 0 Å². The van der Waals surface area contributed by atoms with Crippen LogP contribution in [0.15, 0.2) is 36.0 Å². The van der Waals surface area contributed by atoms with Crippen LogP contribution < -0.4 is 0 Å². The van der Waals surface area contributed by atoms with E-state index >= 15 is 0 Å². The van der Waals surface area contributed by atoms with Crippen molar-refractivity contribution in [3.63, 3.8) is 0 Å². The first kappa shape index (κ1) is 17.8. The summed E-state index contributed by atoms with van der Waals surface area (Å²) in [6.07, 6.45) is 9.58. The number of aliphatic hydroxyl groups is 1. The van der Waals surface area contributed by atoms with Gasteiger partial charge in [0.05, 0.1) is 5.60 Å². The Labute approximate surface area is 156 Å². The lowest BCUT2D eigenvalue weighted by atomic mass is 9.84. The van der Waals surface area contributed by atoms with E-state index in [1.165, 1.54) is 29.4 Å². The summed E-state index contributed by atoms with van der Waals surface area (Å²) in [5, 5.41) is 12.4. The monoisotopic (exact) mass is 353 g/mol. The number of rotatable bonds is 4. The van der Waals surface area contributed by atoms with Crippen LogP contribution in [-0.2, 0) is 12.0 Å². The molecule has 140 valence electrons. The zero-order valence-corrected chi connectivity index (χ0v) is 16.1. The first-order chi connectivity index (χ1) is 12.5. The van der Waals surface area contributed by atoms with Gasteiger partial charge in [-0.1, -0.05) is 17.7 Å². The fourth-order valence-corrected chi connectivity index (χ4v) is 4.29. The number of hydrogen-bond acceptors (Lipinski definition) is 3. The van der Waals surface area contributed by atoms with Crippen molar-refractivity contribution in [1.29, 1.82) is 0 Å². The molecule has 2 aliphatic rings. The summed E-state index contributed by atoms with van der Waals surface area (Å²) in [7, 11) is 4.31. The first-order valence-electron chi connectivity index (χ1n) is 9.91. The Balaban J connectivity index is 1.53. The SMILES string of the molecule is CN1CC=C(CCc2c[nH]c3ccc(C4(O)CCN(C)CC4)cc23)CC1. The van der Waals surface area contributed by atoms with Crippen molar-refractivity contribution < 1.29 is 5.11 Å². The number of likely N-dealkylation sites (tertiary alicyclic amines) is 1. The van der Waals surface area contributed by atoms with Crippen molar-refractivity contribution >= 4 is 10.9 Å². The lowest BCUT2D eigenvalue weighted by Crippen LogP contribution is -2.40. The van der Waals surface area contributed by atoms with Crippen molar-refractivity contribution in [2.75, 3.05) is 40.3 Å². The predicted molar refractivity (Wildman–Crippen MR) is 107 cm³/mol. The van der Waals surface area contributed by atoms with Crippen LogP contribution in [0.5, 0.6) is 0 Å². The van der Waals surface area contributed by atoms with Gasteiger partial charge in [-0.25, -0.2) is 0 Å². The first-order valence-corrected chi connectivity index (χ1v) is 9.91. The number of benzene rings is 1. The zero-order valence-electron chi connectivity index (χ0n) is 16.1. The Kier molecular flexibility index (Phi) is 4.91. The molecular weight excluding hydrogens is 322 g/mol. The number of aromatic amines is 1. The van der Waals surface area contributed by atoms with E-state index in [4.69, 9.17) is 0 Å². The third-order valence-corrected chi connectivity index (χ3v) is 6.34. The van der Waals surface area contributed by atoms with Crippen molar-refractivity contribution in [2.24, 2.45) is 0 Å². The van der Waals surface area contributed by atoms with Gasteiger partial charge in [-0.2, -0.15) is 0 Å². The molecule has 4 nitrogen and oxygen atoms in total. The second-order valence-electron chi connectivity index (χ2n) is 8.28. The van der Waals surface area contributed by atoms with Crippen LogP contribution in [-0.4, -0.2) is 60.2 Å². The molecule has 2 N–H and O–H groups in total. The average molecular weight is 354 g/mol. The Hall–Kier alpha value is -1.62. The molecule has 0 unspecified atom stereocenters. The molecule has 1 fully saturated rings. The number of aryl methyl sites for hydroxylation is 1. The molecule has 0 saturated carbocycles. The highest BCUT2D eigenvalue weighted by Gasteiger charge is 2.33. The van der Waals surface area contributed by atoms with Crippen LogP contribution in [0.2, 0.25) is 0 Å². The maximum Gasteiger partial charge on any atom is 0.0921 e. The Morgan fingerprint density at radius 3 is 2.62 bits per heavy atom. The number of aromatic nitrogens is 1. The fraction of sp³-hybridized carbons (Fsp3) is 0.545. The summed E-state index contributed by atoms with van der Waals surface area (Å²) >= 11 is 0. The Bertz CT molecular complexity index is 799. The highest BCUT2D eigenvalue weighted by Crippen LogP contribution is 2.35. The molecule has 1 aromatic heterocycles. The summed E-state index contributed by atoms with van der Waals surface area (Å²) in [4.78, 5) is 8.08. The summed E-state index contributed by atoms with van der Waals surface area (Å²) < 4.78 is 0. The van der Waals surface area contributed by atoms with Gasteiger partial charge in [0.2, 0.25) is 0 Å². The quantitative estimate of drug-likeness (QED) is 0.829. The van der Waals surface area contributed by atoms with Crippen LogP contribution >= 0.6 is 0 Å². The van der Waals surface area contributed by atoms with Gasteiger partial charge in [-0.15, -0.1) is 0 Å². The van der Waals surface area contributed by atoms with Gasteiger partial charge in [0.15, 0.2) is 0 Å². The van der Waals surface area contributed by atoms with Crippen molar-refractivity contribution in [2.45, 2.75) is 37.7 Å². The van der Waals surface area contributed by atoms with Gasteiger partial charge in [-0.3, -0.25) is 0 Å². The molecule has 26 heavy (non-hydrogen) atoms. The molecule has 0 atom stereocenters. The number of likely N-dealkylation sites (N-methyl/N-ethyl adjacent to an activating group) is 1. The van der Waals surface area contributed by atoms with Gasteiger partial charge in [0.25, 0.3) is 0 Å². The summed E-state index contributed by atoms with van der Waals surface area (Å²) in [5.41, 5.74) is 4.54. The Morgan fingerprint density at radius 2 is 1.88 bits per heavy atom. The van der Waals surface area contributed by atoms with E-state index in [0.717, 1.165) is 50.9 Å². The van der Waals surface area contributed by atoms with E-state index in [-0.39, 0.29) is 0 Å². The second kappa shape index (κ2) is 7.18. The second-order valence-corrected chi connectivity index (χ2v) is 8.28. The van der Waals surface area contributed by atoms with Crippen LogP contribution in [0.1, 0.15) is 36.8 Å². The predicted octanol–water partition coefficient (Wildman–Crippen LogP) is 3.28. The molecule has 0 spiro atoms. The molecule has 0 amide bonds. The molecule has 0 radical (unpaired) electrons. The molecule has 4 rings (SSSR count). The highest BCUT2D eigenvalue weighted by atomic mass is 16.3. The topological polar surface area (TPSA) is 42.5 Å². The van der Waals surface area contributed by atoms with Crippen molar-refractivity contribution in [1.82, 2.24) is 14.8 Å². The zero-order chi connectivity index (χ0) is 18.1. The number of hydrogen-bond donors (Lipinski definition) is 2. The molecule has 0 bridgehead atoms. The average Bonchev–Trinajstić information content (AvgIpc) is 3.06. The van der Waals surface area contributed by atoms with E-state index in [1.807, 2.05) is 0 Å². The number of fused-ring (bicyclic) bond motifs is 1. The summed E-state index contributed by atoms with van der Waals surface area (Å²) in [6.45, 7) is 4.16. The molecule has 2 aliphatic heterocycles. The minimum Gasteiger partial charge on any atom is -0.385 e. The van der Waals surface area contributed by atoms with Crippen LogP contribution in [0.4, 0.5) is 0 Å². The van der Waals surface area contributed by atoms with Crippen molar-refractivity contribution in [3.05, 3.63) is 47.2 Å². The minimum atomic E-state index is -0.675. The molecule has 2 aromatic rings. The van der Waals surface area contributed by atoms with Crippen LogP contribution in [0.3, 0.4) is 0 Å². The third-order valence-electron chi connectivity index (χ3n) is 6.34. The van der Waals surface area contributed by atoms with Gasteiger partial charge in [0, 0.05) is 43.3 Å². The molecule has 1 aromatic carbocycles. The molecule has 3 heterocycles. The number of nitrogens with zero attached hydrogens (tertiary/aromatic N) is 2. The van der Waals surface area contributed by atoms with Crippen LogP contribution in [0, 0.1) is 0 Å². The standard InChI is InChI=1S/C22H31N3O/c1-24-11-7-17(8-12-24)3-4-18-16-23-21-6-5-19(15-20(18)21)22(26)9-13-25(2)14-10-22/h5-7,15-16,23,26H,3-4,8-14H2,1-2H3. The Morgan fingerprint density at radius 1 is 1.08 bits per heavy atom. The number of piperidine rings is 1. The number of H-pyrrole nitrogens is 1. The minimum absolute atomic E-state index is 0.675. The third kappa shape index (κ3) is 3.59. The fourth-order valence-electron chi connectivity index (χ4n) is 4.29. The molecule has 4 heteroatoms. The summed E-state index contributed by atoms with van der Waals surface area (Å²) in [6, 6.07) is 6.47. The van der Waals surface area contributed by atoms with Gasteiger partial charge < -0.3 is 19.9 Å². The van der Waals surface area contributed by atoms with E-state index < -0.39 is 5.60 Å². The maximum atomic E-state index is 11.2. The maximum absolute atomic E-state index is 11.2. The van der Waals surface area contributed by atoms with Gasteiger partial charge in [0.1, 0.15) is 0 Å². The van der Waals surface area contributed by atoms with Gasteiger partial charge >= 0.3 is 0 Å². The van der Waals surface area contributed by atoms with E-state index in [2.05, 4.69) is 59.4 Å².